The van der Waals surface area contributed by atoms with Crippen molar-refractivity contribution < 1.29 is 36.5 Å². The van der Waals surface area contributed by atoms with Gasteiger partial charge in [-0.2, -0.15) is 13.2 Å². The Morgan fingerprint density at radius 3 is 1.19 bits per heavy atom. The van der Waals surface area contributed by atoms with Crippen LogP contribution in [0.2, 0.25) is 0 Å². The lowest BCUT2D eigenvalue weighted by atomic mass is 9.82. The maximum Gasteiger partial charge on any atom is 0.388 e. The normalized spacial score (nSPS) is 20.3. The van der Waals surface area contributed by atoms with Gasteiger partial charge in [0.15, 0.2) is 5.90 Å². The quantitative estimate of drug-likeness (QED) is 0.208. The lowest BCUT2D eigenvalue weighted by Crippen LogP contribution is -2.40. The van der Waals surface area contributed by atoms with E-state index in [4.69, 9.17) is 14.2 Å². The van der Waals surface area contributed by atoms with E-state index >= 15 is 0 Å². The summed E-state index contributed by atoms with van der Waals surface area (Å²) in [6, 6.07) is 0. The number of nitrogens with one attached hydrogen (secondary N) is 2. The predicted molar refractivity (Wildman–Crippen MR) is 339 cm³/mol. The van der Waals surface area contributed by atoms with Gasteiger partial charge in [0.05, 0.1) is 33.0 Å². The van der Waals surface area contributed by atoms with Gasteiger partial charge in [0.25, 0.3) is 0 Å². The van der Waals surface area contributed by atoms with Crippen LogP contribution in [0.25, 0.3) is 0 Å². The molecule has 2 N–H and O–H groups in total. The van der Waals surface area contributed by atoms with Crippen LogP contribution >= 0.6 is 11.6 Å². The molecule has 478 valence electrons. The number of hydrogen-bond donors (Lipinski definition) is 2. The third kappa shape index (κ3) is 115. The number of hydrogen-bond acceptors (Lipinski definition) is 10. The van der Waals surface area contributed by atoms with Gasteiger partial charge in [0.2, 0.25) is 0 Å². The summed E-state index contributed by atoms with van der Waals surface area (Å²) in [5.74, 6) is 4.80. The molecule has 0 radical (unpaired) electrons. The Kier molecular flexibility index (Phi) is 93.1. The molecule has 4 saturated heterocycles. The first kappa shape index (κ1) is 95.4. The maximum absolute atomic E-state index is 10.8. The number of ether oxygens (including phenoxy) is 4. The fourth-order valence-corrected chi connectivity index (χ4v) is 6.35. The van der Waals surface area contributed by atoms with Crippen LogP contribution in [0.3, 0.4) is 0 Å². The molecule has 0 aromatic carbocycles. The van der Waals surface area contributed by atoms with Gasteiger partial charge < -0.3 is 44.3 Å². The highest BCUT2D eigenvalue weighted by Gasteiger charge is 2.22. The van der Waals surface area contributed by atoms with Crippen LogP contribution in [0.5, 0.6) is 0 Å². The van der Waals surface area contributed by atoms with Crippen molar-refractivity contribution in [1.29, 1.82) is 0 Å². The number of likely N-dealkylation sites (N-methyl/N-ethyl adjacent to an activating group) is 2. The summed E-state index contributed by atoms with van der Waals surface area (Å²) in [5.41, 5.74) is 0.500. The van der Waals surface area contributed by atoms with E-state index in [1.54, 1.807) is 7.11 Å². The minimum Gasteiger partial charge on any atom is -0.479 e. The van der Waals surface area contributed by atoms with E-state index in [1.807, 2.05) is 27.9 Å². The molecule has 15 heteroatoms. The molecule has 0 aromatic heterocycles. The summed E-state index contributed by atoms with van der Waals surface area (Å²) in [6.07, 6.45) is 17.3. The number of morpholine rings is 1. The molecule has 7 rings (SSSR count). The second-order valence-electron chi connectivity index (χ2n) is 22.5. The minimum absolute atomic E-state index is 0. The number of likely N-dealkylation sites (tertiary alicyclic amines) is 1. The van der Waals surface area contributed by atoms with Crippen molar-refractivity contribution in [3.05, 3.63) is 0 Å². The summed E-state index contributed by atoms with van der Waals surface area (Å²) in [4.78, 5) is 10.9. The zero-order valence-corrected chi connectivity index (χ0v) is 56.0. The number of aliphatic imine (C=N–C) groups is 1. The maximum atomic E-state index is 10.8. The third-order valence-electron chi connectivity index (χ3n) is 10.8. The largest absolute Gasteiger partial charge is 0.479 e. The first-order valence-corrected chi connectivity index (χ1v) is 30.5. The van der Waals surface area contributed by atoms with Gasteiger partial charge in [0.1, 0.15) is 6.61 Å². The molecule has 1 atom stereocenters. The van der Waals surface area contributed by atoms with Crippen molar-refractivity contribution in [3.8, 4) is 0 Å². The lowest BCUT2D eigenvalue weighted by molar-refractivity contribution is -0.130. The van der Waals surface area contributed by atoms with Gasteiger partial charge in [-0.3, -0.25) is 9.38 Å². The smallest absolute Gasteiger partial charge is 0.388 e. The van der Waals surface area contributed by atoms with Crippen LogP contribution in [0.4, 0.5) is 17.6 Å². The highest BCUT2D eigenvalue weighted by molar-refractivity contribution is 6.15. The molecule has 1 unspecified atom stereocenters. The van der Waals surface area contributed by atoms with E-state index in [9.17, 15) is 17.6 Å². The van der Waals surface area contributed by atoms with Crippen LogP contribution in [0.1, 0.15) is 215 Å². The van der Waals surface area contributed by atoms with Gasteiger partial charge in [-0.05, 0) is 117 Å². The second-order valence-corrected chi connectivity index (χ2v) is 22.5. The van der Waals surface area contributed by atoms with E-state index in [1.165, 1.54) is 122 Å². The first-order chi connectivity index (χ1) is 35.7. The molecular formula is C62H141ClF4N6O4. The zero-order chi connectivity index (χ0) is 60.7. The molecule has 0 amide bonds. The molecule has 7 aliphatic rings. The number of halogens is 5. The summed E-state index contributed by atoms with van der Waals surface area (Å²) in [6.45, 7) is 48.4. The van der Waals surface area contributed by atoms with Crippen molar-refractivity contribution in [2.45, 2.75) is 227 Å². The Morgan fingerprint density at radius 2 is 1.04 bits per heavy atom. The first-order valence-electron chi connectivity index (χ1n) is 29.7. The van der Waals surface area contributed by atoms with Crippen molar-refractivity contribution in [2.24, 2.45) is 34.1 Å². The predicted octanol–water partition coefficient (Wildman–Crippen LogP) is 16.9. The monoisotopic (exact) mass is 1150 g/mol. The molecule has 2 aliphatic carbocycles. The molecular weight excluding hydrogens is 1000 g/mol. The average molecular weight is 1150 g/mol. The van der Waals surface area contributed by atoms with Crippen molar-refractivity contribution in [1.82, 2.24) is 25.3 Å². The molecule has 2 saturated carbocycles. The number of alkyl halides is 5. The Morgan fingerprint density at radius 1 is 0.675 bits per heavy atom. The molecule has 0 bridgehead atoms. The Labute approximate surface area is 486 Å². The highest BCUT2D eigenvalue weighted by atomic mass is 35.5. The molecule has 0 aromatic rings. The number of rotatable bonds is 2. The molecule has 10 nitrogen and oxygen atoms in total. The fraction of sp³-hybridized carbons (Fsp3) is 0.984. The molecule has 77 heavy (non-hydrogen) atoms. The Bertz CT molecular complexity index is 951. The van der Waals surface area contributed by atoms with Crippen molar-refractivity contribution in [3.63, 3.8) is 0 Å². The van der Waals surface area contributed by atoms with Gasteiger partial charge in [0, 0.05) is 79.3 Å². The average Bonchev–Trinajstić information content (AvgIpc) is 4.25. The number of nitrogens with zero attached hydrogens (tertiary/aromatic N) is 4. The fourth-order valence-electron chi connectivity index (χ4n) is 6.35. The van der Waals surface area contributed by atoms with Gasteiger partial charge in [-0.25, -0.2) is 0 Å². The second kappa shape index (κ2) is 75.2. The highest BCUT2D eigenvalue weighted by Crippen LogP contribution is 2.29. The summed E-state index contributed by atoms with van der Waals surface area (Å²) < 4.78 is 61.5. The van der Waals surface area contributed by atoms with E-state index in [-0.39, 0.29) is 7.43 Å². The van der Waals surface area contributed by atoms with Crippen LogP contribution in [-0.2, 0) is 18.9 Å². The number of methoxy groups -OCH3 is 1. The summed E-state index contributed by atoms with van der Waals surface area (Å²) in [7, 11) is 12.4. The molecule has 6 fully saturated rings. The molecule has 5 heterocycles. The minimum atomic E-state index is -3.96. The van der Waals surface area contributed by atoms with Crippen LogP contribution < -0.4 is 10.6 Å². The molecule has 0 spiro atoms. The van der Waals surface area contributed by atoms with Crippen LogP contribution in [0, 0.1) is 29.1 Å². The summed E-state index contributed by atoms with van der Waals surface area (Å²) in [5, 5.41) is 6.02. The van der Waals surface area contributed by atoms with E-state index in [2.05, 4.69) is 158 Å². The van der Waals surface area contributed by atoms with Gasteiger partial charge >= 0.3 is 6.18 Å². The van der Waals surface area contributed by atoms with Gasteiger partial charge in [-0.15, -0.1) is 11.6 Å². The van der Waals surface area contributed by atoms with Crippen LogP contribution in [-0.4, -0.2) is 181 Å². The van der Waals surface area contributed by atoms with E-state index in [0.717, 1.165) is 102 Å². The Balaban J connectivity index is -0.0000000932. The zero-order valence-electron chi connectivity index (χ0n) is 55.2. The Hall–Kier alpha value is -0.840. The SMILES string of the molecule is C.CC(C)(C)C.CC(C)C.CC1=NCCO1.CC1CCCC1.CC1CCCO1.CCC.CCC(F)(F)F.CCC1CCC(C)CC1.CCOC.CCl.CF.CN1CCCC1.CN1CCNCC1.CN1CCOCC1.CNC. The van der Waals surface area contributed by atoms with E-state index < -0.39 is 12.6 Å². The van der Waals surface area contributed by atoms with Gasteiger partial charge in [-0.1, -0.05) is 162 Å². The topological polar surface area (TPSA) is 83.1 Å². The third-order valence-corrected chi connectivity index (χ3v) is 10.8. The summed E-state index contributed by atoms with van der Waals surface area (Å²) >= 11 is 4.64. The van der Waals surface area contributed by atoms with E-state index in [0.29, 0.717) is 18.7 Å². The van der Waals surface area contributed by atoms with Crippen molar-refractivity contribution >= 4 is 17.5 Å². The molecule has 5 aliphatic heterocycles. The lowest BCUT2D eigenvalue weighted by Gasteiger charge is -2.24. The van der Waals surface area contributed by atoms with Crippen molar-refractivity contribution in [2.75, 3.05) is 148 Å². The number of piperazine rings is 1. The standard InChI is InChI=1S/C9H18.C6H12.C5H12N2.C5H11NO.C5H11N.C5H10O.C5H12.C4H7NO.C4H10.C3H5F3.C3H8O.C3H8.C2H7N.CH3Cl.CH3F.CH4/c1-3-9-6-4-8(2)5-7-9;1-6-4-2-3-5-6;1-7-4-2-6-3-5-7;1-6-2-4-7-5-3-6;1-6-4-2-3-5-6;1-5-3-2-4-6-5;1-5(2,3)4;1-4-5-2-3-6-4;1-4(2)3;1-2-3(4,5)6;1-3-4-2;2*1-3-2;2*1-2;/h8-9H,3-7H2,1-2H3;6H,2-5H2,1H3;6H,2-5H2,1H3;2-5H2,1H3;2-5H2,1H3;5H,2-4H2,1H3;1-4H3;2-3H2,1H3;4H,1-3H3;2H2,1H3;3H2,1-2H3;3H2,1-2H3;3H,1-2H3;2*1H3;1H4. The van der Waals surface area contributed by atoms with Crippen LogP contribution in [0.15, 0.2) is 4.99 Å².